The SMILES string of the molecule is CCCCCCCCCCCOC(=O)CCCCCN(CCCCO)CCCCCCC(C)(C)C(=O)OC(CCCCCCCC)CCCCCCCC. The molecule has 6 nitrogen and oxygen atoms in total. The Morgan fingerprint density at radius 2 is 0.926 bits per heavy atom. The first-order chi connectivity index (χ1) is 26.3. The summed E-state index contributed by atoms with van der Waals surface area (Å²) in [7, 11) is 0. The minimum atomic E-state index is -0.434. The molecule has 0 rings (SSSR count). The standard InChI is InChI=1S/C48H95NO5/c1-6-9-12-15-18-19-20-25-35-44-53-46(51)38-29-26-32-41-49(42-33-34-43-50)40-31-24-23-30-39-48(4,5)47(52)54-45(36-27-21-16-13-10-7-2)37-28-22-17-14-11-8-3/h45,50H,6-44H2,1-5H3. The third kappa shape index (κ3) is 35.3. The molecule has 0 atom stereocenters. The number of ether oxygens (including phenoxy) is 2. The van der Waals surface area contributed by atoms with Crippen LogP contribution < -0.4 is 0 Å². The summed E-state index contributed by atoms with van der Waals surface area (Å²) < 4.78 is 11.7. The Bertz CT molecular complexity index is 786. The summed E-state index contributed by atoms with van der Waals surface area (Å²) in [5.74, 6) is -0.0291. The highest BCUT2D eigenvalue weighted by Crippen LogP contribution is 2.28. The Morgan fingerprint density at radius 3 is 1.43 bits per heavy atom. The van der Waals surface area contributed by atoms with Gasteiger partial charge >= 0.3 is 11.9 Å². The summed E-state index contributed by atoms with van der Waals surface area (Å²) in [6, 6.07) is 0. The highest BCUT2D eigenvalue weighted by atomic mass is 16.5. The van der Waals surface area contributed by atoms with Gasteiger partial charge in [-0.05, 0) is 104 Å². The number of aliphatic hydroxyl groups is 1. The van der Waals surface area contributed by atoms with Crippen molar-refractivity contribution in [2.24, 2.45) is 5.41 Å². The van der Waals surface area contributed by atoms with Gasteiger partial charge in [-0.2, -0.15) is 0 Å². The second-order valence-corrected chi connectivity index (χ2v) is 17.3. The molecule has 0 amide bonds. The minimum absolute atomic E-state index is 0.00610. The number of esters is 2. The van der Waals surface area contributed by atoms with Crippen LogP contribution in [-0.2, 0) is 19.1 Å². The summed E-state index contributed by atoms with van der Waals surface area (Å²) in [4.78, 5) is 28.1. The van der Waals surface area contributed by atoms with E-state index in [0.29, 0.717) is 13.0 Å². The molecule has 0 aromatic rings. The Morgan fingerprint density at radius 1 is 0.519 bits per heavy atom. The van der Waals surface area contributed by atoms with E-state index in [4.69, 9.17) is 9.47 Å². The Balaban J connectivity index is 4.35. The largest absolute Gasteiger partial charge is 0.466 e. The molecule has 322 valence electrons. The maximum atomic E-state index is 13.4. The van der Waals surface area contributed by atoms with Gasteiger partial charge in [-0.3, -0.25) is 9.59 Å². The normalized spacial score (nSPS) is 11.9. The number of aliphatic hydroxyl groups excluding tert-OH is 1. The molecule has 0 aromatic heterocycles. The zero-order valence-corrected chi connectivity index (χ0v) is 37.2. The molecule has 0 bridgehead atoms. The van der Waals surface area contributed by atoms with E-state index in [-0.39, 0.29) is 24.6 Å². The fourth-order valence-electron chi connectivity index (χ4n) is 7.47. The Kier molecular flexibility index (Phi) is 39.2. The van der Waals surface area contributed by atoms with Crippen molar-refractivity contribution >= 4 is 11.9 Å². The molecule has 0 aliphatic carbocycles. The van der Waals surface area contributed by atoms with Crippen LogP contribution in [0.2, 0.25) is 0 Å². The van der Waals surface area contributed by atoms with Crippen molar-refractivity contribution in [1.82, 2.24) is 4.90 Å². The Labute approximate surface area is 337 Å². The van der Waals surface area contributed by atoms with Gasteiger partial charge in [-0.1, -0.05) is 162 Å². The van der Waals surface area contributed by atoms with Gasteiger partial charge in [0, 0.05) is 13.0 Å². The van der Waals surface area contributed by atoms with E-state index in [1.165, 1.54) is 135 Å². The second-order valence-electron chi connectivity index (χ2n) is 17.3. The molecule has 0 aromatic carbocycles. The quantitative estimate of drug-likeness (QED) is 0.0492. The van der Waals surface area contributed by atoms with Crippen LogP contribution in [0.5, 0.6) is 0 Å². The lowest BCUT2D eigenvalue weighted by molar-refractivity contribution is -0.161. The molecular formula is C48H95NO5. The number of rotatable bonds is 43. The highest BCUT2D eigenvalue weighted by molar-refractivity contribution is 5.76. The molecule has 0 spiro atoms. The molecule has 1 N–H and O–H groups in total. The van der Waals surface area contributed by atoms with E-state index < -0.39 is 5.41 Å². The number of hydrogen-bond acceptors (Lipinski definition) is 6. The average Bonchev–Trinajstić information content (AvgIpc) is 3.15. The van der Waals surface area contributed by atoms with Crippen molar-refractivity contribution in [1.29, 1.82) is 0 Å². The van der Waals surface area contributed by atoms with Crippen LogP contribution in [0.3, 0.4) is 0 Å². The lowest BCUT2D eigenvalue weighted by atomic mass is 9.86. The van der Waals surface area contributed by atoms with Gasteiger partial charge in [0.2, 0.25) is 0 Å². The second kappa shape index (κ2) is 40.1. The third-order valence-corrected chi connectivity index (χ3v) is 11.4. The van der Waals surface area contributed by atoms with Crippen LogP contribution in [0.1, 0.15) is 253 Å². The number of carbonyl (C=O) groups excluding carboxylic acids is 2. The van der Waals surface area contributed by atoms with Crippen molar-refractivity contribution in [3.63, 3.8) is 0 Å². The van der Waals surface area contributed by atoms with E-state index in [1.54, 1.807) is 0 Å². The fraction of sp³-hybridized carbons (Fsp3) is 0.958. The van der Waals surface area contributed by atoms with Crippen molar-refractivity contribution in [3.8, 4) is 0 Å². The van der Waals surface area contributed by atoms with Gasteiger partial charge in [0.1, 0.15) is 6.10 Å². The lowest BCUT2D eigenvalue weighted by Gasteiger charge is -2.27. The van der Waals surface area contributed by atoms with Crippen LogP contribution in [0.15, 0.2) is 0 Å². The molecule has 0 unspecified atom stereocenters. The smallest absolute Gasteiger partial charge is 0.311 e. The average molecular weight is 766 g/mol. The molecule has 54 heavy (non-hydrogen) atoms. The lowest BCUT2D eigenvalue weighted by Crippen LogP contribution is -2.31. The van der Waals surface area contributed by atoms with Crippen molar-refractivity contribution in [3.05, 3.63) is 0 Å². The van der Waals surface area contributed by atoms with Crippen molar-refractivity contribution < 1.29 is 24.2 Å². The minimum Gasteiger partial charge on any atom is -0.466 e. The first-order valence-electron chi connectivity index (χ1n) is 24.0. The summed E-state index contributed by atoms with van der Waals surface area (Å²) in [5, 5.41) is 9.31. The molecule has 0 heterocycles. The monoisotopic (exact) mass is 766 g/mol. The highest BCUT2D eigenvalue weighted by Gasteiger charge is 2.30. The third-order valence-electron chi connectivity index (χ3n) is 11.4. The van der Waals surface area contributed by atoms with Crippen LogP contribution >= 0.6 is 0 Å². The molecule has 6 heteroatoms. The molecule has 0 saturated heterocycles. The van der Waals surface area contributed by atoms with E-state index in [9.17, 15) is 14.7 Å². The Hall–Kier alpha value is -1.14. The topological polar surface area (TPSA) is 76.1 Å². The molecule has 0 aliphatic rings. The summed E-state index contributed by atoms with van der Waals surface area (Å²) in [5.41, 5.74) is -0.434. The number of unbranched alkanes of at least 4 members (excludes halogenated alkanes) is 24. The molecular weight excluding hydrogens is 671 g/mol. The van der Waals surface area contributed by atoms with E-state index in [1.807, 2.05) is 0 Å². The van der Waals surface area contributed by atoms with Crippen molar-refractivity contribution in [2.45, 2.75) is 259 Å². The zero-order valence-electron chi connectivity index (χ0n) is 37.2. The molecule has 0 aliphatic heterocycles. The van der Waals surface area contributed by atoms with Gasteiger partial charge in [-0.25, -0.2) is 0 Å². The summed E-state index contributed by atoms with van der Waals surface area (Å²) >= 11 is 0. The summed E-state index contributed by atoms with van der Waals surface area (Å²) in [6.07, 6.45) is 39.7. The maximum absolute atomic E-state index is 13.4. The first kappa shape index (κ1) is 52.9. The number of carbonyl (C=O) groups is 2. The molecule has 0 fully saturated rings. The first-order valence-corrected chi connectivity index (χ1v) is 24.0. The van der Waals surface area contributed by atoms with Gasteiger partial charge in [0.15, 0.2) is 0 Å². The van der Waals surface area contributed by atoms with E-state index in [0.717, 1.165) is 96.7 Å². The number of hydrogen-bond donors (Lipinski definition) is 1. The van der Waals surface area contributed by atoms with Gasteiger partial charge < -0.3 is 19.5 Å². The van der Waals surface area contributed by atoms with Crippen LogP contribution in [-0.4, -0.2) is 60.9 Å². The van der Waals surface area contributed by atoms with Crippen LogP contribution in [0.25, 0.3) is 0 Å². The molecule has 0 radical (unpaired) electrons. The van der Waals surface area contributed by atoms with E-state index in [2.05, 4.69) is 39.5 Å². The maximum Gasteiger partial charge on any atom is 0.311 e. The predicted molar refractivity (Wildman–Crippen MR) is 232 cm³/mol. The predicted octanol–water partition coefficient (Wildman–Crippen LogP) is 14.1. The van der Waals surface area contributed by atoms with Crippen molar-refractivity contribution in [2.75, 3.05) is 32.8 Å². The van der Waals surface area contributed by atoms with Crippen LogP contribution in [0, 0.1) is 5.41 Å². The van der Waals surface area contributed by atoms with Gasteiger partial charge in [0.25, 0.3) is 0 Å². The molecule has 0 saturated carbocycles. The summed E-state index contributed by atoms with van der Waals surface area (Å²) in [6.45, 7) is 15.0. The van der Waals surface area contributed by atoms with Gasteiger partial charge in [-0.15, -0.1) is 0 Å². The zero-order chi connectivity index (χ0) is 39.8. The fourth-order valence-corrected chi connectivity index (χ4v) is 7.47. The van der Waals surface area contributed by atoms with Gasteiger partial charge in [0.05, 0.1) is 12.0 Å². The van der Waals surface area contributed by atoms with E-state index >= 15 is 0 Å². The number of nitrogens with zero attached hydrogens (tertiary/aromatic N) is 1. The van der Waals surface area contributed by atoms with Crippen LogP contribution in [0.4, 0.5) is 0 Å².